The molecule has 0 aromatic heterocycles. The summed E-state index contributed by atoms with van der Waals surface area (Å²) in [6.45, 7) is 0.937. The molecule has 1 heterocycles. The number of amides is 1. The summed E-state index contributed by atoms with van der Waals surface area (Å²) in [6.07, 6.45) is 1.55. The number of hydrogen-bond acceptors (Lipinski definition) is 5. The monoisotopic (exact) mass is 289 g/mol. The van der Waals surface area contributed by atoms with E-state index < -0.39 is 4.92 Å². The van der Waals surface area contributed by atoms with Crippen molar-refractivity contribution >= 4 is 11.6 Å². The third kappa shape index (κ3) is 3.11. The molecule has 0 aliphatic carbocycles. The highest BCUT2D eigenvalue weighted by Gasteiger charge is 2.26. The van der Waals surface area contributed by atoms with Crippen molar-refractivity contribution < 1.29 is 14.5 Å². The molecule has 7 heteroatoms. The van der Waals surface area contributed by atoms with Gasteiger partial charge in [0.25, 0.3) is 5.91 Å². The smallest absolute Gasteiger partial charge is 0.311 e. The van der Waals surface area contributed by atoms with Gasteiger partial charge in [0.1, 0.15) is 0 Å². The van der Waals surface area contributed by atoms with Gasteiger partial charge >= 0.3 is 5.69 Å². The number of nitriles is 1. The molecule has 1 saturated heterocycles. The average molecular weight is 289 g/mol. The highest BCUT2D eigenvalue weighted by atomic mass is 16.6. The van der Waals surface area contributed by atoms with Crippen LogP contribution >= 0.6 is 0 Å². The van der Waals surface area contributed by atoms with E-state index in [1.165, 1.54) is 25.3 Å². The van der Waals surface area contributed by atoms with Crippen molar-refractivity contribution in [3.05, 3.63) is 33.9 Å². The highest BCUT2D eigenvalue weighted by molar-refractivity contribution is 5.95. The Bertz CT molecular complexity index is 609. The molecule has 0 N–H and O–H groups in total. The summed E-state index contributed by atoms with van der Waals surface area (Å²) in [5.41, 5.74) is -0.00159. The lowest BCUT2D eigenvalue weighted by Gasteiger charge is -2.29. The number of likely N-dealkylation sites (tertiary alicyclic amines) is 1. The van der Waals surface area contributed by atoms with Crippen molar-refractivity contribution in [3.63, 3.8) is 0 Å². The molecule has 1 amide bonds. The van der Waals surface area contributed by atoms with Crippen LogP contribution in [0.3, 0.4) is 0 Å². The van der Waals surface area contributed by atoms with E-state index in [1.54, 1.807) is 4.90 Å². The van der Waals surface area contributed by atoms with Crippen LogP contribution in [-0.2, 0) is 0 Å². The topological polar surface area (TPSA) is 96.5 Å². The van der Waals surface area contributed by atoms with Crippen molar-refractivity contribution in [2.45, 2.75) is 12.8 Å². The fourth-order valence-corrected chi connectivity index (χ4v) is 2.42. The fourth-order valence-electron chi connectivity index (χ4n) is 2.42. The van der Waals surface area contributed by atoms with Crippen LogP contribution in [0.15, 0.2) is 18.2 Å². The number of carbonyl (C=O) groups excluding carboxylic acids is 1. The molecule has 2 rings (SSSR count). The van der Waals surface area contributed by atoms with Crippen LogP contribution in [-0.4, -0.2) is 35.9 Å². The summed E-state index contributed by atoms with van der Waals surface area (Å²) >= 11 is 0. The molecule has 0 bridgehead atoms. The van der Waals surface area contributed by atoms with Gasteiger partial charge in [0.15, 0.2) is 5.75 Å². The zero-order valence-corrected chi connectivity index (χ0v) is 11.6. The minimum Gasteiger partial charge on any atom is -0.490 e. The SMILES string of the molecule is COc1ccc(C(=O)N2CCCC(C#N)C2)cc1[N+](=O)[O-]. The van der Waals surface area contributed by atoms with Gasteiger partial charge in [-0.15, -0.1) is 0 Å². The van der Waals surface area contributed by atoms with Crippen molar-refractivity contribution in [1.82, 2.24) is 4.90 Å². The Hall–Kier alpha value is -2.62. The predicted octanol–water partition coefficient (Wildman–Crippen LogP) is 1.98. The maximum absolute atomic E-state index is 12.4. The number of carbonyl (C=O) groups is 1. The Morgan fingerprint density at radius 1 is 1.57 bits per heavy atom. The number of benzene rings is 1. The Labute approximate surface area is 121 Å². The average Bonchev–Trinajstić information content (AvgIpc) is 2.53. The molecule has 1 aromatic carbocycles. The molecule has 1 unspecified atom stereocenters. The predicted molar refractivity (Wildman–Crippen MR) is 73.9 cm³/mol. The third-order valence-electron chi connectivity index (χ3n) is 3.51. The molecule has 1 aliphatic heterocycles. The number of nitro benzene ring substituents is 1. The molecule has 110 valence electrons. The normalized spacial score (nSPS) is 17.9. The van der Waals surface area contributed by atoms with Crippen molar-refractivity contribution in [3.8, 4) is 11.8 Å². The van der Waals surface area contributed by atoms with Crippen LogP contribution in [0.4, 0.5) is 5.69 Å². The van der Waals surface area contributed by atoms with Crippen LogP contribution in [0.2, 0.25) is 0 Å². The Morgan fingerprint density at radius 3 is 2.95 bits per heavy atom. The lowest BCUT2D eigenvalue weighted by atomic mass is 9.99. The Morgan fingerprint density at radius 2 is 2.33 bits per heavy atom. The third-order valence-corrected chi connectivity index (χ3v) is 3.51. The van der Waals surface area contributed by atoms with E-state index in [9.17, 15) is 14.9 Å². The number of rotatable bonds is 3. The largest absolute Gasteiger partial charge is 0.490 e. The number of piperidine rings is 1. The Kier molecular flexibility index (Phi) is 4.38. The van der Waals surface area contributed by atoms with E-state index in [4.69, 9.17) is 10.00 Å². The first-order valence-electron chi connectivity index (χ1n) is 6.58. The van der Waals surface area contributed by atoms with Gasteiger partial charge in [-0.25, -0.2) is 0 Å². The van der Waals surface area contributed by atoms with Gasteiger partial charge in [0.05, 0.1) is 24.0 Å². The Balaban J connectivity index is 2.25. The zero-order chi connectivity index (χ0) is 15.4. The first kappa shape index (κ1) is 14.8. The maximum Gasteiger partial charge on any atom is 0.311 e. The van der Waals surface area contributed by atoms with Crippen molar-refractivity contribution in [2.24, 2.45) is 5.92 Å². The van der Waals surface area contributed by atoms with E-state index in [1.807, 2.05) is 0 Å². The molecule has 0 radical (unpaired) electrons. The molecule has 0 spiro atoms. The first-order chi connectivity index (χ1) is 10.1. The summed E-state index contributed by atoms with van der Waals surface area (Å²) in [5.74, 6) is -0.346. The minimum absolute atomic E-state index is 0.116. The number of nitro groups is 1. The van der Waals surface area contributed by atoms with Gasteiger partial charge in [-0.2, -0.15) is 5.26 Å². The number of nitrogens with zero attached hydrogens (tertiary/aromatic N) is 3. The van der Waals surface area contributed by atoms with Crippen LogP contribution in [0.5, 0.6) is 5.75 Å². The van der Waals surface area contributed by atoms with Gasteiger partial charge < -0.3 is 9.64 Å². The van der Waals surface area contributed by atoms with Gasteiger partial charge in [0.2, 0.25) is 0 Å². The fraction of sp³-hybridized carbons (Fsp3) is 0.429. The second kappa shape index (κ2) is 6.22. The maximum atomic E-state index is 12.4. The molecule has 1 atom stereocenters. The molecule has 1 aliphatic rings. The van der Waals surface area contributed by atoms with E-state index in [-0.39, 0.29) is 28.8 Å². The van der Waals surface area contributed by atoms with E-state index >= 15 is 0 Å². The summed E-state index contributed by atoms with van der Waals surface area (Å²) in [4.78, 5) is 24.4. The molecule has 7 nitrogen and oxygen atoms in total. The molecule has 21 heavy (non-hydrogen) atoms. The van der Waals surface area contributed by atoms with E-state index in [0.717, 1.165) is 12.8 Å². The van der Waals surface area contributed by atoms with Gasteiger partial charge in [-0.05, 0) is 25.0 Å². The quantitative estimate of drug-likeness (QED) is 0.626. The molecule has 1 fully saturated rings. The van der Waals surface area contributed by atoms with Crippen molar-refractivity contribution in [2.75, 3.05) is 20.2 Å². The van der Waals surface area contributed by atoms with Crippen LogP contribution in [0.1, 0.15) is 23.2 Å². The molecule has 0 saturated carbocycles. The second-order valence-corrected chi connectivity index (χ2v) is 4.86. The van der Waals surface area contributed by atoms with E-state index in [2.05, 4.69) is 6.07 Å². The van der Waals surface area contributed by atoms with Crippen LogP contribution in [0.25, 0.3) is 0 Å². The molecular weight excluding hydrogens is 274 g/mol. The van der Waals surface area contributed by atoms with Crippen LogP contribution < -0.4 is 4.74 Å². The summed E-state index contributed by atoms with van der Waals surface area (Å²) in [7, 11) is 1.34. The second-order valence-electron chi connectivity index (χ2n) is 4.86. The van der Waals surface area contributed by atoms with Crippen molar-refractivity contribution in [1.29, 1.82) is 5.26 Å². The van der Waals surface area contributed by atoms with Gasteiger partial charge in [0, 0.05) is 24.7 Å². The molecular formula is C14H15N3O4. The van der Waals surface area contributed by atoms with Crippen LogP contribution in [0, 0.1) is 27.4 Å². The first-order valence-corrected chi connectivity index (χ1v) is 6.58. The lowest BCUT2D eigenvalue weighted by Crippen LogP contribution is -2.39. The number of hydrogen-bond donors (Lipinski definition) is 0. The lowest BCUT2D eigenvalue weighted by molar-refractivity contribution is -0.385. The summed E-state index contributed by atoms with van der Waals surface area (Å²) in [6, 6.07) is 6.30. The zero-order valence-electron chi connectivity index (χ0n) is 11.6. The van der Waals surface area contributed by atoms with E-state index in [0.29, 0.717) is 13.1 Å². The number of ether oxygens (including phenoxy) is 1. The minimum atomic E-state index is -0.579. The highest BCUT2D eigenvalue weighted by Crippen LogP contribution is 2.28. The molecule has 1 aromatic rings. The van der Waals surface area contributed by atoms with Gasteiger partial charge in [-0.1, -0.05) is 0 Å². The number of methoxy groups -OCH3 is 1. The van der Waals surface area contributed by atoms with Gasteiger partial charge in [-0.3, -0.25) is 14.9 Å². The summed E-state index contributed by atoms with van der Waals surface area (Å²) in [5, 5.41) is 19.9. The summed E-state index contributed by atoms with van der Waals surface area (Å²) < 4.78 is 4.91. The standard InChI is InChI=1S/C14H15N3O4/c1-21-13-5-4-11(7-12(13)17(19)20)14(18)16-6-2-3-10(8-15)9-16/h4-5,7,10H,2-3,6,9H2,1H3.